The van der Waals surface area contributed by atoms with Crippen molar-refractivity contribution in [3.8, 4) is 11.5 Å². The molecular formula is C19H17N3O2. The Morgan fingerprint density at radius 2 is 1.88 bits per heavy atom. The first-order valence-corrected chi connectivity index (χ1v) is 8.00. The second kappa shape index (κ2) is 6.28. The van der Waals surface area contributed by atoms with Crippen molar-refractivity contribution in [1.82, 2.24) is 10.2 Å². The Morgan fingerprint density at radius 1 is 1.08 bits per heavy atom. The average Bonchev–Trinajstić information content (AvgIpc) is 3.26. The van der Waals surface area contributed by atoms with Crippen LogP contribution in [0.4, 0.5) is 5.69 Å². The van der Waals surface area contributed by atoms with Crippen molar-refractivity contribution >= 4 is 11.6 Å². The molecule has 5 heteroatoms. The zero-order valence-corrected chi connectivity index (χ0v) is 13.1. The first kappa shape index (κ1) is 14.6. The molecule has 24 heavy (non-hydrogen) atoms. The van der Waals surface area contributed by atoms with Gasteiger partial charge in [0.25, 0.3) is 0 Å². The zero-order chi connectivity index (χ0) is 16.4. The molecule has 5 nitrogen and oxygen atoms in total. The van der Waals surface area contributed by atoms with E-state index >= 15 is 0 Å². The molecular weight excluding hydrogens is 302 g/mol. The molecule has 1 amide bonds. The fourth-order valence-electron chi connectivity index (χ4n) is 3.19. The molecule has 1 aliphatic rings. The summed E-state index contributed by atoms with van der Waals surface area (Å²) in [5, 5.41) is 7.59. The van der Waals surface area contributed by atoms with Crippen LogP contribution in [0, 0.1) is 5.92 Å². The summed E-state index contributed by atoms with van der Waals surface area (Å²) in [6, 6.07) is 18.0. The van der Waals surface area contributed by atoms with E-state index in [4.69, 9.17) is 4.42 Å². The SMILES string of the molecule is O=C1CC(Cc2ccc(-c3nnco3)cc2)CN1c1ccccc1. The van der Waals surface area contributed by atoms with Gasteiger partial charge in [-0.05, 0) is 42.2 Å². The van der Waals surface area contributed by atoms with Gasteiger partial charge >= 0.3 is 0 Å². The lowest BCUT2D eigenvalue weighted by molar-refractivity contribution is -0.117. The van der Waals surface area contributed by atoms with Gasteiger partial charge in [0.1, 0.15) is 0 Å². The van der Waals surface area contributed by atoms with E-state index in [0.29, 0.717) is 18.2 Å². The number of para-hydroxylation sites is 1. The maximum absolute atomic E-state index is 12.3. The van der Waals surface area contributed by atoms with E-state index in [1.807, 2.05) is 47.4 Å². The van der Waals surface area contributed by atoms with Crippen LogP contribution in [0.1, 0.15) is 12.0 Å². The fraction of sp³-hybridized carbons (Fsp3) is 0.211. The van der Waals surface area contributed by atoms with Crippen molar-refractivity contribution in [3.05, 3.63) is 66.6 Å². The molecule has 1 saturated heterocycles. The summed E-state index contributed by atoms with van der Waals surface area (Å²) in [6.07, 6.45) is 2.81. The molecule has 120 valence electrons. The second-order valence-electron chi connectivity index (χ2n) is 6.05. The number of aromatic nitrogens is 2. The summed E-state index contributed by atoms with van der Waals surface area (Å²) in [5.41, 5.74) is 3.10. The molecule has 1 aliphatic heterocycles. The molecule has 0 saturated carbocycles. The number of hydrogen-bond acceptors (Lipinski definition) is 4. The number of carbonyl (C=O) groups is 1. The summed E-state index contributed by atoms with van der Waals surface area (Å²) in [7, 11) is 0. The molecule has 0 radical (unpaired) electrons. The van der Waals surface area contributed by atoms with Gasteiger partial charge in [-0.2, -0.15) is 0 Å². The molecule has 1 aromatic heterocycles. The van der Waals surface area contributed by atoms with E-state index < -0.39 is 0 Å². The molecule has 2 heterocycles. The minimum absolute atomic E-state index is 0.202. The third-order valence-electron chi connectivity index (χ3n) is 4.36. The average molecular weight is 319 g/mol. The van der Waals surface area contributed by atoms with Crippen LogP contribution < -0.4 is 4.90 Å². The molecule has 1 unspecified atom stereocenters. The van der Waals surface area contributed by atoms with E-state index in [0.717, 1.165) is 24.2 Å². The largest absolute Gasteiger partial charge is 0.423 e. The number of amides is 1. The molecule has 0 spiro atoms. The van der Waals surface area contributed by atoms with E-state index in [2.05, 4.69) is 22.3 Å². The van der Waals surface area contributed by atoms with Gasteiger partial charge < -0.3 is 9.32 Å². The van der Waals surface area contributed by atoms with Gasteiger partial charge in [0.15, 0.2) is 0 Å². The second-order valence-corrected chi connectivity index (χ2v) is 6.05. The molecule has 2 aromatic carbocycles. The minimum atomic E-state index is 0.202. The zero-order valence-electron chi connectivity index (χ0n) is 13.1. The number of rotatable bonds is 4. The van der Waals surface area contributed by atoms with Gasteiger partial charge in [0.05, 0.1) is 0 Å². The van der Waals surface area contributed by atoms with Crippen molar-refractivity contribution in [1.29, 1.82) is 0 Å². The molecule has 3 aromatic rings. The predicted molar refractivity (Wildman–Crippen MR) is 90.3 cm³/mol. The summed E-state index contributed by atoms with van der Waals surface area (Å²) in [5.74, 6) is 1.06. The van der Waals surface area contributed by atoms with Crippen LogP contribution in [0.15, 0.2) is 65.4 Å². The van der Waals surface area contributed by atoms with Gasteiger partial charge in [-0.15, -0.1) is 10.2 Å². The van der Waals surface area contributed by atoms with Crippen molar-refractivity contribution in [3.63, 3.8) is 0 Å². The minimum Gasteiger partial charge on any atom is -0.423 e. The first-order chi connectivity index (χ1) is 11.8. The highest BCUT2D eigenvalue weighted by Crippen LogP contribution is 2.27. The van der Waals surface area contributed by atoms with Crippen LogP contribution in [0.25, 0.3) is 11.5 Å². The van der Waals surface area contributed by atoms with Crippen molar-refractivity contribution < 1.29 is 9.21 Å². The van der Waals surface area contributed by atoms with Crippen LogP contribution >= 0.6 is 0 Å². The summed E-state index contributed by atoms with van der Waals surface area (Å²) in [4.78, 5) is 14.2. The summed E-state index contributed by atoms with van der Waals surface area (Å²) in [6.45, 7) is 0.772. The molecule has 1 atom stereocenters. The monoisotopic (exact) mass is 319 g/mol. The lowest BCUT2D eigenvalue weighted by Gasteiger charge is -2.16. The van der Waals surface area contributed by atoms with Crippen molar-refractivity contribution in [2.24, 2.45) is 5.92 Å². The Hall–Kier alpha value is -2.95. The number of hydrogen-bond donors (Lipinski definition) is 0. The summed E-state index contributed by atoms with van der Waals surface area (Å²) < 4.78 is 5.20. The number of anilines is 1. The van der Waals surface area contributed by atoms with Crippen LogP contribution in [0.5, 0.6) is 0 Å². The van der Waals surface area contributed by atoms with E-state index in [1.54, 1.807) is 0 Å². The molecule has 4 rings (SSSR count). The van der Waals surface area contributed by atoms with Crippen LogP contribution in [0.3, 0.4) is 0 Å². The Kier molecular flexibility index (Phi) is 3.83. The highest BCUT2D eigenvalue weighted by atomic mass is 16.4. The van der Waals surface area contributed by atoms with E-state index in [-0.39, 0.29) is 5.91 Å². The Balaban J connectivity index is 1.44. The highest BCUT2D eigenvalue weighted by molar-refractivity contribution is 5.95. The maximum atomic E-state index is 12.3. The Morgan fingerprint density at radius 3 is 2.58 bits per heavy atom. The van der Waals surface area contributed by atoms with Crippen molar-refractivity contribution in [2.75, 3.05) is 11.4 Å². The van der Waals surface area contributed by atoms with Gasteiger partial charge in [0, 0.05) is 24.2 Å². The third-order valence-corrected chi connectivity index (χ3v) is 4.36. The smallest absolute Gasteiger partial charge is 0.247 e. The number of benzene rings is 2. The first-order valence-electron chi connectivity index (χ1n) is 8.00. The molecule has 0 aliphatic carbocycles. The molecule has 0 N–H and O–H groups in total. The van der Waals surface area contributed by atoms with Gasteiger partial charge in [0.2, 0.25) is 18.2 Å². The van der Waals surface area contributed by atoms with Crippen LogP contribution in [-0.2, 0) is 11.2 Å². The van der Waals surface area contributed by atoms with Gasteiger partial charge in [-0.3, -0.25) is 4.79 Å². The fourth-order valence-corrected chi connectivity index (χ4v) is 3.19. The summed E-state index contributed by atoms with van der Waals surface area (Å²) >= 11 is 0. The quantitative estimate of drug-likeness (QED) is 0.740. The van der Waals surface area contributed by atoms with Crippen LogP contribution in [-0.4, -0.2) is 22.6 Å². The normalized spacial score (nSPS) is 17.4. The number of carbonyl (C=O) groups excluding carboxylic acids is 1. The predicted octanol–water partition coefficient (Wildman–Crippen LogP) is 3.33. The third kappa shape index (κ3) is 2.93. The highest BCUT2D eigenvalue weighted by Gasteiger charge is 2.30. The molecule has 0 bridgehead atoms. The lowest BCUT2D eigenvalue weighted by Crippen LogP contribution is -2.24. The topological polar surface area (TPSA) is 59.2 Å². The van der Waals surface area contributed by atoms with E-state index in [1.165, 1.54) is 12.0 Å². The van der Waals surface area contributed by atoms with E-state index in [9.17, 15) is 4.79 Å². The van der Waals surface area contributed by atoms with Crippen molar-refractivity contribution in [2.45, 2.75) is 12.8 Å². The molecule has 1 fully saturated rings. The standard InChI is InChI=1S/C19H17N3O2/c23-18-11-15(12-22(18)17-4-2-1-3-5-17)10-14-6-8-16(9-7-14)19-21-20-13-24-19/h1-9,13,15H,10-12H2. The van der Waals surface area contributed by atoms with Crippen LogP contribution in [0.2, 0.25) is 0 Å². The Labute approximate surface area is 139 Å². The Bertz CT molecular complexity index is 814. The maximum Gasteiger partial charge on any atom is 0.247 e. The van der Waals surface area contributed by atoms with Gasteiger partial charge in [-0.25, -0.2) is 0 Å². The number of nitrogens with zero attached hydrogens (tertiary/aromatic N) is 3. The lowest BCUT2D eigenvalue weighted by atomic mass is 9.98. The van der Waals surface area contributed by atoms with Gasteiger partial charge in [-0.1, -0.05) is 30.3 Å².